The van der Waals surface area contributed by atoms with Crippen molar-refractivity contribution in [2.45, 2.75) is 6.54 Å². The van der Waals surface area contributed by atoms with Crippen molar-refractivity contribution < 1.29 is 4.79 Å². The molecule has 102 valence electrons. The third kappa shape index (κ3) is 3.29. The number of aryl methyl sites for hydroxylation is 1. The zero-order chi connectivity index (χ0) is 14.5. The average molecular weight is 269 g/mol. The molecule has 0 aliphatic heterocycles. The van der Waals surface area contributed by atoms with Crippen molar-refractivity contribution in [2.24, 2.45) is 12.8 Å². The summed E-state index contributed by atoms with van der Waals surface area (Å²) >= 11 is 0. The van der Waals surface area contributed by atoms with E-state index in [1.807, 2.05) is 31.4 Å². The molecule has 0 unspecified atom stereocenters. The molecule has 0 saturated carbocycles. The molecule has 1 aromatic heterocycles. The summed E-state index contributed by atoms with van der Waals surface area (Å²) in [7, 11) is 1.83. The third-order valence-corrected chi connectivity index (χ3v) is 2.80. The third-order valence-electron chi connectivity index (χ3n) is 2.80. The highest BCUT2D eigenvalue weighted by Crippen LogP contribution is 2.16. The number of hydrogen-bond donors (Lipinski definition) is 3. The smallest absolute Gasteiger partial charge is 0.316 e. The minimum absolute atomic E-state index is 0.593. The number of urea groups is 1. The Morgan fingerprint density at radius 3 is 2.80 bits per heavy atom. The summed E-state index contributed by atoms with van der Waals surface area (Å²) in [6, 6.07) is 10.6. The number of nitrogens with two attached hydrogens (primary N) is 1. The molecule has 20 heavy (non-hydrogen) atoms. The fraction of sp³-hybridized carbons (Fsp3) is 0.143. The maximum Gasteiger partial charge on any atom is 0.316 e. The molecule has 6 nitrogen and oxygen atoms in total. The van der Waals surface area contributed by atoms with Crippen LogP contribution in [0, 0.1) is 11.3 Å². The summed E-state index contributed by atoms with van der Waals surface area (Å²) in [6.45, 7) is 0.593. The Morgan fingerprint density at radius 2 is 2.15 bits per heavy atom. The maximum absolute atomic E-state index is 10.8. The van der Waals surface area contributed by atoms with Gasteiger partial charge in [0, 0.05) is 31.2 Å². The molecule has 1 heterocycles. The molecule has 2 amide bonds. The van der Waals surface area contributed by atoms with Gasteiger partial charge in [-0.3, -0.25) is 0 Å². The van der Waals surface area contributed by atoms with Crippen molar-refractivity contribution in [3.63, 3.8) is 0 Å². The van der Waals surface area contributed by atoms with E-state index in [-0.39, 0.29) is 0 Å². The minimum Gasteiger partial charge on any atom is -0.381 e. The van der Waals surface area contributed by atoms with Crippen molar-refractivity contribution in [1.29, 1.82) is 5.26 Å². The summed E-state index contributed by atoms with van der Waals surface area (Å²) in [5.41, 5.74) is 8.19. The molecule has 6 heteroatoms. The van der Waals surface area contributed by atoms with Gasteiger partial charge in [0.15, 0.2) is 0 Å². The van der Waals surface area contributed by atoms with Crippen molar-refractivity contribution in [1.82, 2.24) is 4.57 Å². The molecule has 0 aliphatic rings. The molecule has 0 atom stereocenters. The molecule has 0 fully saturated rings. The summed E-state index contributed by atoms with van der Waals surface area (Å²) in [5, 5.41) is 14.6. The first kappa shape index (κ1) is 13.5. The monoisotopic (exact) mass is 269 g/mol. The Morgan fingerprint density at radius 1 is 1.40 bits per heavy atom. The van der Waals surface area contributed by atoms with Gasteiger partial charge in [-0.2, -0.15) is 5.26 Å². The highest BCUT2D eigenvalue weighted by molar-refractivity contribution is 5.88. The SMILES string of the molecule is Cn1cc(CNc2cccc(NC(N)=O)c2)cc1C#N. The van der Waals surface area contributed by atoms with Gasteiger partial charge in [-0.05, 0) is 29.8 Å². The number of nitrogens with one attached hydrogen (secondary N) is 2. The molecule has 0 saturated heterocycles. The number of nitriles is 1. The van der Waals surface area contributed by atoms with Crippen molar-refractivity contribution in [3.8, 4) is 6.07 Å². The van der Waals surface area contributed by atoms with E-state index in [4.69, 9.17) is 11.0 Å². The predicted molar refractivity (Wildman–Crippen MR) is 77.1 cm³/mol. The molecule has 0 bridgehead atoms. The summed E-state index contributed by atoms with van der Waals surface area (Å²) in [4.78, 5) is 10.8. The lowest BCUT2D eigenvalue weighted by atomic mass is 10.2. The molecule has 0 radical (unpaired) electrons. The number of primary amides is 1. The van der Waals surface area contributed by atoms with Gasteiger partial charge in [-0.25, -0.2) is 4.79 Å². The van der Waals surface area contributed by atoms with E-state index in [1.165, 1.54) is 0 Å². The number of amides is 2. The summed E-state index contributed by atoms with van der Waals surface area (Å²) in [5.74, 6) is 0. The summed E-state index contributed by atoms with van der Waals surface area (Å²) < 4.78 is 1.78. The minimum atomic E-state index is -0.594. The molecular formula is C14H15N5O. The van der Waals surface area contributed by atoms with Crippen LogP contribution in [-0.4, -0.2) is 10.6 Å². The Balaban J connectivity index is 2.03. The number of carbonyl (C=O) groups is 1. The highest BCUT2D eigenvalue weighted by Gasteiger charge is 2.03. The van der Waals surface area contributed by atoms with Crippen LogP contribution in [0.2, 0.25) is 0 Å². The van der Waals surface area contributed by atoms with Crippen LogP contribution >= 0.6 is 0 Å². The lowest BCUT2D eigenvalue weighted by Crippen LogP contribution is -2.19. The Labute approximate surface area is 116 Å². The number of rotatable bonds is 4. The Kier molecular flexibility index (Phi) is 3.91. The van der Waals surface area contributed by atoms with E-state index < -0.39 is 6.03 Å². The van der Waals surface area contributed by atoms with Crippen LogP contribution in [-0.2, 0) is 13.6 Å². The van der Waals surface area contributed by atoms with Gasteiger partial charge in [0.2, 0.25) is 0 Å². The molecule has 4 N–H and O–H groups in total. The number of aromatic nitrogens is 1. The van der Waals surface area contributed by atoms with Gasteiger partial charge in [-0.15, -0.1) is 0 Å². The molecule has 0 spiro atoms. The van der Waals surface area contributed by atoms with E-state index in [0.29, 0.717) is 17.9 Å². The molecular weight excluding hydrogens is 254 g/mol. The number of carbonyl (C=O) groups excluding carboxylic acids is 1. The van der Waals surface area contributed by atoms with Crippen LogP contribution < -0.4 is 16.4 Å². The van der Waals surface area contributed by atoms with Crippen LogP contribution in [0.4, 0.5) is 16.2 Å². The second-order valence-corrected chi connectivity index (χ2v) is 4.38. The van der Waals surface area contributed by atoms with Crippen LogP contribution in [0.3, 0.4) is 0 Å². The van der Waals surface area contributed by atoms with Crippen LogP contribution in [0.1, 0.15) is 11.3 Å². The van der Waals surface area contributed by atoms with E-state index in [9.17, 15) is 4.79 Å². The van der Waals surface area contributed by atoms with Gasteiger partial charge < -0.3 is 20.9 Å². The van der Waals surface area contributed by atoms with Gasteiger partial charge >= 0.3 is 6.03 Å². The van der Waals surface area contributed by atoms with E-state index in [0.717, 1.165) is 11.3 Å². The first-order chi connectivity index (χ1) is 9.58. The van der Waals surface area contributed by atoms with Gasteiger partial charge in [0.25, 0.3) is 0 Å². The first-order valence-corrected chi connectivity index (χ1v) is 6.04. The van der Waals surface area contributed by atoms with Crippen molar-refractivity contribution in [2.75, 3.05) is 10.6 Å². The fourth-order valence-electron chi connectivity index (χ4n) is 1.89. The summed E-state index contributed by atoms with van der Waals surface area (Å²) in [6.07, 6.45) is 1.90. The van der Waals surface area contributed by atoms with Gasteiger partial charge in [0.05, 0.1) is 0 Å². The molecule has 1 aromatic carbocycles. The van der Waals surface area contributed by atoms with Gasteiger partial charge in [-0.1, -0.05) is 6.07 Å². The predicted octanol–water partition coefficient (Wildman–Crippen LogP) is 2.00. The van der Waals surface area contributed by atoms with Crippen LogP contribution in [0.5, 0.6) is 0 Å². The van der Waals surface area contributed by atoms with Crippen LogP contribution in [0.25, 0.3) is 0 Å². The Bertz CT molecular complexity index is 668. The van der Waals surface area contributed by atoms with Gasteiger partial charge in [0.1, 0.15) is 11.8 Å². The zero-order valence-corrected chi connectivity index (χ0v) is 11.1. The topological polar surface area (TPSA) is 95.9 Å². The van der Waals surface area contributed by atoms with E-state index >= 15 is 0 Å². The van der Waals surface area contributed by atoms with Crippen molar-refractivity contribution >= 4 is 17.4 Å². The molecule has 2 rings (SSSR count). The highest BCUT2D eigenvalue weighted by atomic mass is 16.2. The quantitative estimate of drug-likeness (QED) is 0.792. The zero-order valence-electron chi connectivity index (χ0n) is 11.1. The maximum atomic E-state index is 10.8. The second kappa shape index (κ2) is 5.80. The first-order valence-electron chi connectivity index (χ1n) is 6.04. The number of benzene rings is 1. The fourth-order valence-corrected chi connectivity index (χ4v) is 1.89. The number of anilines is 2. The average Bonchev–Trinajstić information content (AvgIpc) is 2.76. The van der Waals surface area contributed by atoms with E-state index in [2.05, 4.69) is 16.7 Å². The van der Waals surface area contributed by atoms with Crippen LogP contribution in [0.15, 0.2) is 36.5 Å². The van der Waals surface area contributed by atoms with Crippen molar-refractivity contribution in [3.05, 3.63) is 47.8 Å². The molecule has 0 aliphatic carbocycles. The number of hydrogen-bond acceptors (Lipinski definition) is 3. The van der Waals surface area contributed by atoms with E-state index in [1.54, 1.807) is 16.7 Å². The Hall–Kier alpha value is -2.94. The lowest BCUT2D eigenvalue weighted by Gasteiger charge is -2.07. The second-order valence-electron chi connectivity index (χ2n) is 4.38. The normalized spacial score (nSPS) is 9.80. The lowest BCUT2D eigenvalue weighted by molar-refractivity contribution is 0.259. The standard InChI is InChI=1S/C14H15N5O/c1-19-9-10(5-13(19)7-15)8-17-11-3-2-4-12(6-11)18-14(16)20/h2-6,9,17H,8H2,1H3,(H3,16,18,20). The molecule has 2 aromatic rings. The largest absolute Gasteiger partial charge is 0.381 e. The number of nitrogens with zero attached hydrogens (tertiary/aromatic N) is 2.